The summed E-state index contributed by atoms with van der Waals surface area (Å²) in [6, 6.07) is 4.34. The smallest absolute Gasteiger partial charge is 0.193 e. The first kappa shape index (κ1) is 18.8. The highest BCUT2D eigenvalue weighted by atomic mass is 127. The second-order valence-corrected chi connectivity index (χ2v) is 6.87. The summed E-state index contributed by atoms with van der Waals surface area (Å²) in [4.78, 5) is 11.9. The molecule has 1 aromatic rings. The van der Waals surface area contributed by atoms with Crippen molar-refractivity contribution < 1.29 is 0 Å². The second kappa shape index (κ2) is 9.68. The molecule has 0 radical (unpaired) electrons. The maximum Gasteiger partial charge on any atom is 0.193 e. The lowest BCUT2D eigenvalue weighted by molar-refractivity contribution is 0.334. The Labute approximate surface area is 160 Å². The first-order valence-corrected chi connectivity index (χ1v) is 9.21. The normalized spacial score (nSPS) is 19.8. The van der Waals surface area contributed by atoms with Gasteiger partial charge in [0.15, 0.2) is 5.96 Å². The number of piperazine rings is 1. The van der Waals surface area contributed by atoms with Crippen LogP contribution in [0, 0.1) is 0 Å². The Bertz CT molecular complexity index is 465. The third kappa shape index (κ3) is 5.22. The largest absolute Gasteiger partial charge is 0.360 e. The topological polar surface area (TPSA) is 34.1 Å². The maximum absolute atomic E-state index is 4.46. The number of nitrogens with zero attached hydrogens (tertiary/aromatic N) is 4. The highest BCUT2D eigenvalue weighted by Gasteiger charge is 2.20. The van der Waals surface area contributed by atoms with Crippen LogP contribution in [0.15, 0.2) is 22.5 Å². The molecule has 3 heterocycles. The summed E-state index contributed by atoms with van der Waals surface area (Å²) in [5.74, 6) is 1.06. The van der Waals surface area contributed by atoms with Gasteiger partial charge < -0.3 is 20.0 Å². The summed E-state index contributed by atoms with van der Waals surface area (Å²) in [6.07, 6.45) is 2.72. The van der Waals surface area contributed by atoms with Gasteiger partial charge in [-0.3, -0.25) is 4.99 Å². The zero-order valence-corrected chi connectivity index (χ0v) is 17.1. The first-order chi connectivity index (χ1) is 10.9. The van der Waals surface area contributed by atoms with E-state index in [0.29, 0.717) is 0 Å². The van der Waals surface area contributed by atoms with Gasteiger partial charge in [-0.05, 0) is 43.4 Å². The van der Waals surface area contributed by atoms with Crippen LogP contribution in [0.3, 0.4) is 0 Å². The molecule has 0 spiro atoms. The quantitative estimate of drug-likeness (QED) is 0.434. The predicted octanol–water partition coefficient (Wildman–Crippen LogP) is 2.16. The molecule has 2 aliphatic heterocycles. The van der Waals surface area contributed by atoms with Crippen molar-refractivity contribution in [1.82, 2.24) is 15.1 Å². The second-order valence-electron chi connectivity index (χ2n) is 5.95. The highest BCUT2D eigenvalue weighted by molar-refractivity contribution is 14.0. The molecule has 5 nitrogen and oxygen atoms in total. The third-order valence-electron chi connectivity index (χ3n) is 4.52. The molecule has 2 saturated heterocycles. The van der Waals surface area contributed by atoms with E-state index in [2.05, 4.69) is 42.5 Å². The monoisotopic (exact) mass is 449 g/mol. The Morgan fingerprint density at radius 3 is 2.52 bits per heavy atom. The minimum Gasteiger partial charge on any atom is -0.360 e. The van der Waals surface area contributed by atoms with Crippen LogP contribution >= 0.6 is 35.3 Å². The van der Waals surface area contributed by atoms with E-state index in [4.69, 9.17) is 0 Å². The van der Waals surface area contributed by atoms with E-state index in [-0.39, 0.29) is 24.0 Å². The summed E-state index contributed by atoms with van der Waals surface area (Å²) >= 11 is 1.83. The lowest BCUT2D eigenvalue weighted by atomic mass is 10.3. The number of thiophene rings is 1. The molecule has 0 bridgehead atoms. The zero-order chi connectivity index (χ0) is 15.2. The SMILES string of the molecule is CN=C(NCCN1CCCC1)N1CCN(c2cccs2)CC1.I. The summed E-state index contributed by atoms with van der Waals surface area (Å²) < 4.78 is 0. The lowest BCUT2D eigenvalue weighted by Gasteiger charge is -2.37. The minimum absolute atomic E-state index is 0. The van der Waals surface area contributed by atoms with E-state index in [9.17, 15) is 0 Å². The molecule has 2 aliphatic rings. The van der Waals surface area contributed by atoms with Crippen LogP contribution in [0.5, 0.6) is 0 Å². The molecule has 1 aromatic heterocycles. The van der Waals surface area contributed by atoms with E-state index >= 15 is 0 Å². The number of aliphatic imine (C=N–C) groups is 1. The number of hydrogen-bond donors (Lipinski definition) is 1. The average Bonchev–Trinajstić information content (AvgIpc) is 3.25. The van der Waals surface area contributed by atoms with Crippen LogP contribution in [0.4, 0.5) is 5.00 Å². The van der Waals surface area contributed by atoms with E-state index in [0.717, 1.165) is 45.2 Å². The fraction of sp³-hybridized carbons (Fsp3) is 0.688. The van der Waals surface area contributed by atoms with Gasteiger partial charge in [0.2, 0.25) is 0 Å². The van der Waals surface area contributed by atoms with Gasteiger partial charge in [-0.15, -0.1) is 35.3 Å². The van der Waals surface area contributed by atoms with E-state index < -0.39 is 0 Å². The van der Waals surface area contributed by atoms with Gasteiger partial charge in [-0.25, -0.2) is 0 Å². The molecule has 23 heavy (non-hydrogen) atoms. The summed E-state index contributed by atoms with van der Waals surface area (Å²) in [5.41, 5.74) is 0. The van der Waals surface area contributed by atoms with Crippen LogP contribution in [0.25, 0.3) is 0 Å². The molecule has 7 heteroatoms. The van der Waals surface area contributed by atoms with Crippen molar-refractivity contribution >= 4 is 46.3 Å². The molecule has 0 amide bonds. The van der Waals surface area contributed by atoms with Crippen molar-refractivity contribution in [3.63, 3.8) is 0 Å². The molecule has 130 valence electrons. The van der Waals surface area contributed by atoms with Gasteiger partial charge in [-0.2, -0.15) is 0 Å². The number of likely N-dealkylation sites (tertiary alicyclic amines) is 1. The van der Waals surface area contributed by atoms with Crippen molar-refractivity contribution in [2.75, 3.05) is 64.3 Å². The summed E-state index contributed by atoms with van der Waals surface area (Å²) in [5, 5.41) is 7.07. The van der Waals surface area contributed by atoms with Gasteiger partial charge in [0.05, 0.1) is 5.00 Å². The van der Waals surface area contributed by atoms with Gasteiger partial charge >= 0.3 is 0 Å². The highest BCUT2D eigenvalue weighted by Crippen LogP contribution is 2.22. The van der Waals surface area contributed by atoms with Gasteiger partial charge in [0.1, 0.15) is 0 Å². The Morgan fingerprint density at radius 2 is 1.91 bits per heavy atom. The van der Waals surface area contributed by atoms with Crippen LogP contribution < -0.4 is 10.2 Å². The molecule has 0 atom stereocenters. The van der Waals surface area contributed by atoms with E-state index in [1.165, 1.54) is 30.9 Å². The van der Waals surface area contributed by atoms with Gasteiger partial charge in [0, 0.05) is 46.3 Å². The fourth-order valence-corrected chi connectivity index (χ4v) is 4.04. The molecule has 3 rings (SSSR count). The van der Waals surface area contributed by atoms with Crippen molar-refractivity contribution in [2.45, 2.75) is 12.8 Å². The van der Waals surface area contributed by atoms with Gasteiger partial charge in [0.25, 0.3) is 0 Å². The predicted molar refractivity (Wildman–Crippen MR) is 111 cm³/mol. The fourth-order valence-electron chi connectivity index (χ4n) is 3.25. The number of anilines is 1. The number of hydrogen-bond acceptors (Lipinski definition) is 4. The molecular weight excluding hydrogens is 421 g/mol. The van der Waals surface area contributed by atoms with E-state index in [1.807, 2.05) is 18.4 Å². The standard InChI is InChI=1S/C16H27N5S.HI/c1-17-16(18-6-9-19-7-2-3-8-19)21-12-10-20(11-13-21)15-5-4-14-22-15;/h4-5,14H,2-3,6-13H2,1H3,(H,17,18);1H. The molecule has 0 aromatic carbocycles. The minimum atomic E-state index is 0. The molecule has 0 saturated carbocycles. The van der Waals surface area contributed by atoms with Gasteiger partial charge in [-0.1, -0.05) is 0 Å². The Morgan fingerprint density at radius 1 is 1.17 bits per heavy atom. The number of nitrogens with one attached hydrogen (secondary N) is 1. The van der Waals surface area contributed by atoms with Crippen molar-refractivity contribution in [3.8, 4) is 0 Å². The summed E-state index contributed by atoms with van der Waals surface area (Å²) in [7, 11) is 1.89. The average molecular weight is 449 g/mol. The summed E-state index contributed by atoms with van der Waals surface area (Å²) in [6.45, 7) is 8.90. The third-order valence-corrected chi connectivity index (χ3v) is 5.45. The first-order valence-electron chi connectivity index (χ1n) is 8.33. The molecule has 0 aliphatic carbocycles. The van der Waals surface area contributed by atoms with Crippen LogP contribution in [0.1, 0.15) is 12.8 Å². The van der Waals surface area contributed by atoms with Crippen LogP contribution in [-0.2, 0) is 0 Å². The molecule has 2 fully saturated rings. The Hall–Kier alpha value is -0.540. The molecule has 1 N–H and O–H groups in total. The number of halogens is 1. The molecular formula is C16H28IN5S. The van der Waals surface area contributed by atoms with E-state index in [1.54, 1.807) is 0 Å². The lowest BCUT2D eigenvalue weighted by Crippen LogP contribution is -2.53. The zero-order valence-electron chi connectivity index (χ0n) is 13.9. The van der Waals surface area contributed by atoms with Crippen LogP contribution in [-0.4, -0.2) is 75.2 Å². The maximum atomic E-state index is 4.46. The number of rotatable bonds is 4. The Balaban J connectivity index is 0.00000192. The number of guanidine groups is 1. The van der Waals surface area contributed by atoms with Crippen molar-refractivity contribution in [3.05, 3.63) is 17.5 Å². The van der Waals surface area contributed by atoms with Crippen molar-refractivity contribution in [2.24, 2.45) is 4.99 Å². The van der Waals surface area contributed by atoms with Crippen molar-refractivity contribution in [1.29, 1.82) is 0 Å². The Kier molecular flexibility index (Phi) is 7.91. The molecule has 0 unspecified atom stereocenters. The van der Waals surface area contributed by atoms with Crippen LogP contribution in [0.2, 0.25) is 0 Å².